The van der Waals surface area contributed by atoms with Crippen molar-refractivity contribution in [3.8, 4) is 0 Å². The van der Waals surface area contributed by atoms with Crippen molar-refractivity contribution in [1.29, 1.82) is 0 Å². The van der Waals surface area contributed by atoms with Crippen LogP contribution in [0.3, 0.4) is 0 Å². The molecule has 1 atom stereocenters. The summed E-state index contributed by atoms with van der Waals surface area (Å²) >= 11 is 0. The summed E-state index contributed by atoms with van der Waals surface area (Å²) in [6.45, 7) is 4.11. The van der Waals surface area contributed by atoms with Gasteiger partial charge in [-0.1, -0.05) is 30.3 Å². The van der Waals surface area contributed by atoms with Crippen LogP contribution in [-0.4, -0.2) is 59.9 Å². The largest absolute Gasteiger partial charge is 0.468 e. The third-order valence-corrected chi connectivity index (χ3v) is 4.96. The van der Waals surface area contributed by atoms with Crippen LogP contribution in [0.15, 0.2) is 53.1 Å². The summed E-state index contributed by atoms with van der Waals surface area (Å²) in [4.78, 5) is 41.0. The van der Waals surface area contributed by atoms with Gasteiger partial charge in [0.05, 0.1) is 19.4 Å². The second kappa shape index (κ2) is 10.6. The van der Waals surface area contributed by atoms with Gasteiger partial charge in [-0.05, 0) is 24.6 Å². The molecule has 0 aliphatic carbocycles. The van der Waals surface area contributed by atoms with Crippen LogP contribution in [0.25, 0.3) is 0 Å². The summed E-state index contributed by atoms with van der Waals surface area (Å²) in [5.74, 6) is -0.431. The van der Waals surface area contributed by atoms with E-state index in [4.69, 9.17) is 9.15 Å². The molecule has 1 saturated heterocycles. The Morgan fingerprint density at radius 1 is 1.13 bits per heavy atom. The Labute approximate surface area is 175 Å². The van der Waals surface area contributed by atoms with Crippen LogP contribution in [0.4, 0.5) is 0 Å². The van der Waals surface area contributed by atoms with E-state index in [0.29, 0.717) is 32.7 Å². The molecule has 2 amide bonds. The third-order valence-electron chi connectivity index (χ3n) is 4.96. The molecule has 2 heterocycles. The molecule has 1 fully saturated rings. The van der Waals surface area contributed by atoms with Crippen molar-refractivity contribution in [1.82, 2.24) is 15.1 Å². The van der Waals surface area contributed by atoms with Crippen molar-refractivity contribution in [2.24, 2.45) is 0 Å². The Balaban J connectivity index is 1.67. The minimum Gasteiger partial charge on any atom is -0.468 e. The molecule has 1 aromatic carbocycles. The van der Waals surface area contributed by atoms with E-state index in [1.54, 1.807) is 13.2 Å². The summed E-state index contributed by atoms with van der Waals surface area (Å²) in [5.41, 5.74) is 0.971. The van der Waals surface area contributed by atoms with E-state index < -0.39 is 17.9 Å². The monoisotopic (exact) mass is 413 g/mol. The lowest BCUT2D eigenvalue weighted by Gasteiger charge is -2.40. The van der Waals surface area contributed by atoms with E-state index in [9.17, 15) is 14.4 Å². The minimum atomic E-state index is -0.695. The van der Waals surface area contributed by atoms with E-state index in [-0.39, 0.29) is 18.9 Å². The van der Waals surface area contributed by atoms with Crippen LogP contribution >= 0.6 is 0 Å². The van der Waals surface area contributed by atoms with E-state index in [1.807, 2.05) is 42.5 Å². The summed E-state index contributed by atoms with van der Waals surface area (Å²) < 4.78 is 10.3. The topological polar surface area (TPSA) is 92.1 Å². The van der Waals surface area contributed by atoms with Gasteiger partial charge in [0.25, 0.3) is 0 Å². The van der Waals surface area contributed by atoms with Gasteiger partial charge in [0.1, 0.15) is 18.2 Å². The van der Waals surface area contributed by atoms with E-state index in [0.717, 1.165) is 11.3 Å². The number of hydrogen-bond acceptors (Lipinski definition) is 6. The molecule has 0 spiro atoms. The first-order valence-electron chi connectivity index (χ1n) is 10.1. The van der Waals surface area contributed by atoms with Crippen molar-refractivity contribution in [2.45, 2.75) is 32.5 Å². The average molecular weight is 413 g/mol. The van der Waals surface area contributed by atoms with Crippen molar-refractivity contribution >= 4 is 17.8 Å². The first-order valence-corrected chi connectivity index (χ1v) is 10.1. The smallest absolute Gasteiger partial charge is 0.315 e. The minimum absolute atomic E-state index is 0.212. The number of esters is 1. The van der Waals surface area contributed by atoms with Gasteiger partial charge in [-0.25, -0.2) is 0 Å². The van der Waals surface area contributed by atoms with E-state index in [1.165, 1.54) is 4.90 Å². The highest BCUT2D eigenvalue weighted by Gasteiger charge is 2.36. The van der Waals surface area contributed by atoms with Gasteiger partial charge < -0.3 is 19.4 Å². The molecular formula is C22H27N3O5. The van der Waals surface area contributed by atoms with E-state index in [2.05, 4.69) is 10.2 Å². The molecule has 8 heteroatoms. The summed E-state index contributed by atoms with van der Waals surface area (Å²) in [6.07, 6.45) is 1.24. The molecule has 8 nitrogen and oxygen atoms in total. The number of amides is 2. The van der Waals surface area contributed by atoms with Gasteiger partial charge in [0.15, 0.2) is 0 Å². The Kier molecular flexibility index (Phi) is 7.62. The molecule has 1 aliphatic heterocycles. The van der Waals surface area contributed by atoms with Crippen LogP contribution in [0.2, 0.25) is 0 Å². The number of ether oxygens (including phenoxy) is 1. The zero-order chi connectivity index (χ0) is 21.3. The third kappa shape index (κ3) is 5.93. The van der Waals surface area contributed by atoms with Gasteiger partial charge in [0, 0.05) is 26.2 Å². The molecule has 1 unspecified atom stereocenters. The van der Waals surface area contributed by atoms with Gasteiger partial charge >= 0.3 is 5.97 Å². The number of carbonyl (C=O) groups is 3. The first-order chi connectivity index (χ1) is 14.6. The number of furan rings is 1. The second-order valence-electron chi connectivity index (χ2n) is 7.10. The summed E-state index contributed by atoms with van der Waals surface area (Å²) in [7, 11) is 0. The predicted octanol–water partition coefficient (Wildman–Crippen LogP) is 1.56. The fourth-order valence-electron chi connectivity index (χ4n) is 3.47. The number of hydrogen-bond donors (Lipinski definition) is 1. The van der Waals surface area contributed by atoms with Crippen LogP contribution < -0.4 is 5.32 Å². The molecule has 30 heavy (non-hydrogen) atoms. The average Bonchev–Trinajstić information content (AvgIpc) is 3.26. The number of carbonyl (C=O) groups excluding carboxylic acids is 3. The van der Waals surface area contributed by atoms with Crippen LogP contribution in [0.1, 0.15) is 24.7 Å². The number of benzene rings is 1. The predicted molar refractivity (Wildman–Crippen MR) is 109 cm³/mol. The van der Waals surface area contributed by atoms with Gasteiger partial charge in [0.2, 0.25) is 11.8 Å². The summed E-state index contributed by atoms with van der Waals surface area (Å²) in [6, 6.07) is 12.6. The quantitative estimate of drug-likeness (QED) is 0.522. The highest BCUT2D eigenvalue weighted by Crippen LogP contribution is 2.16. The molecule has 1 N–H and O–H groups in total. The van der Waals surface area contributed by atoms with Crippen LogP contribution in [-0.2, 0) is 32.2 Å². The number of nitrogens with one attached hydrogen (secondary N) is 1. The maximum Gasteiger partial charge on any atom is 0.315 e. The van der Waals surface area contributed by atoms with Crippen LogP contribution in [0, 0.1) is 0 Å². The fourth-order valence-corrected chi connectivity index (χ4v) is 3.47. The molecule has 0 radical (unpaired) electrons. The molecule has 1 aliphatic rings. The number of nitrogens with zero attached hydrogens (tertiary/aromatic N) is 2. The van der Waals surface area contributed by atoms with E-state index >= 15 is 0 Å². The molecule has 0 saturated carbocycles. The van der Waals surface area contributed by atoms with Crippen molar-refractivity contribution in [2.75, 3.05) is 26.2 Å². The van der Waals surface area contributed by atoms with Gasteiger partial charge in [-0.2, -0.15) is 0 Å². The molecule has 0 bridgehead atoms. The Morgan fingerprint density at radius 2 is 1.93 bits per heavy atom. The fraction of sp³-hybridized carbons (Fsp3) is 0.409. The lowest BCUT2D eigenvalue weighted by Crippen LogP contribution is -2.60. The molecule has 1 aromatic heterocycles. The Morgan fingerprint density at radius 3 is 2.63 bits per heavy atom. The maximum atomic E-state index is 13.0. The zero-order valence-electron chi connectivity index (χ0n) is 17.1. The lowest BCUT2D eigenvalue weighted by molar-refractivity contribution is -0.153. The van der Waals surface area contributed by atoms with Crippen molar-refractivity contribution in [3.05, 3.63) is 60.1 Å². The SMILES string of the molecule is CCOC(=O)CC(=O)N1CCN(Cc2ccco2)CC1C(=O)NCc1ccccc1. The summed E-state index contributed by atoms with van der Waals surface area (Å²) in [5, 5.41) is 2.91. The normalized spacial score (nSPS) is 16.8. The number of rotatable bonds is 8. The second-order valence-corrected chi connectivity index (χ2v) is 7.10. The molecule has 3 rings (SSSR count). The molecule has 160 valence electrons. The first kappa shape index (κ1) is 21.6. The number of piperazine rings is 1. The Bertz CT molecular complexity index is 838. The highest BCUT2D eigenvalue weighted by molar-refractivity contribution is 5.97. The van der Waals surface area contributed by atoms with Crippen molar-refractivity contribution in [3.63, 3.8) is 0 Å². The van der Waals surface area contributed by atoms with Gasteiger partial charge in [-0.3, -0.25) is 19.3 Å². The zero-order valence-corrected chi connectivity index (χ0v) is 17.1. The lowest BCUT2D eigenvalue weighted by atomic mass is 10.1. The van der Waals surface area contributed by atoms with Gasteiger partial charge in [-0.15, -0.1) is 0 Å². The van der Waals surface area contributed by atoms with Crippen LogP contribution in [0.5, 0.6) is 0 Å². The molecule has 2 aromatic rings. The maximum absolute atomic E-state index is 13.0. The molecular weight excluding hydrogens is 386 g/mol. The Hall–Kier alpha value is -3.13. The standard InChI is InChI=1S/C22H27N3O5/c1-2-29-21(27)13-20(26)25-11-10-24(15-18-9-6-12-30-18)16-19(25)22(28)23-14-17-7-4-3-5-8-17/h3-9,12,19H,2,10-11,13-16H2,1H3,(H,23,28). The highest BCUT2D eigenvalue weighted by atomic mass is 16.5. The van der Waals surface area contributed by atoms with Crippen molar-refractivity contribution < 1.29 is 23.5 Å².